The van der Waals surface area contributed by atoms with Gasteiger partial charge in [0, 0.05) is 12.1 Å². The highest BCUT2D eigenvalue weighted by molar-refractivity contribution is 6.08. The first-order valence-electron chi connectivity index (χ1n) is 6.64. The molecule has 2 aliphatic heterocycles. The van der Waals surface area contributed by atoms with Crippen LogP contribution in [0.2, 0.25) is 0 Å². The summed E-state index contributed by atoms with van der Waals surface area (Å²) < 4.78 is 5.36. The van der Waals surface area contributed by atoms with E-state index in [-0.39, 0.29) is 11.9 Å². The highest BCUT2D eigenvalue weighted by atomic mass is 16.5. The van der Waals surface area contributed by atoms with E-state index in [1.807, 2.05) is 30.3 Å². The van der Waals surface area contributed by atoms with Crippen molar-refractivity contribution in [3.8, 4) is 5.75 Å². The lowest BCUT2D eigenvalue weighted by Gasteiger charge is -2.34. The summed E-state index contributed by atoms with van der Waals surface area (Å²) in [7, 11) is 1.62. The van der Waals surface area contributed by atoms with Gasteiger partial charge in [0.15, 0.2) is 0 Å². The molecule has 2 aromatic rings. The molecular weight excluding hydrogens is 252 g/mol. The Morgan fingerprint density at radius 1 is 1.15 bits per heavy atom. The number of para-hydroxylation sites is 2. The van der Waals surface area contributed by atoms with Crippen molar-refractivity contribution in [1.82, 2.24) is 0 Å². The molecule has 0 aliphatic carbocycles. The van der Waals surface area contributed by atoms with Crippen LogP contribution in [0.4, 0.5) is 17.1 Å². The second-order valence-corrected chi connectivity index (χ2v) is 5.06. The molecule has 4 rings (SSSR count). The number of nitrogens with one attached hydrogen (secondary N) is 1. The van der Waals surface area contributed by atoms with Gasteiger partial charge in [-0.05, 0) is 23.8 Å². The molecule has 0 radical (unpaired) electrons. The molecule has 2 aliphatic rings. The summed E-state index contributed by atoms with van der Waals surface area (Å²) in [6.45, 7) is 0. The monoisotopic (exact) mass is 266 g/mol. The van der Waals surface area contributed by atoms with Crippen molar-refractivity contribution < 1.29 is 9.53 Å². The van der Waals surface area contributed by atoms with Gasteiger partial charge in [0.1, 0.15) is 17.5 Å². The molecule has 0 aromatic heterocycles. The first kappa shape index (κ1) is 11.3. The summed E-state index contributed by atoms with van der Waals surface area (Å²) in [5, 5.41) is 2.98. The quantitative estimate of drug-likeness (QED) is 0.863. The molecule has 0 spiro atoms. The van der Waals surface area contributed by atoms with Gasteiger partial charge in [0.2, 0.25) is 5.91 Å². The van der Waals surface area contributed by atoms with E-state index in [1.54, 1.807) is 7.11 Å². The third-order valence-electron chi connectivity index (χ3n) is 4.01. The van der Waals surface area contributed by atoms with Crippen molar-refractivity contribution in [1.29, 1.82) is 0 Å². The van der Waals surface area contributed by atoms with E-state index in [4.69, 9.17) is 4.74 Å². The number of carbonyl (C=O) groups is 1. The fraction of sp³-hybridized carbons (Fsp3) is 0.188. The van der Waals surface area contributed by atoms with Gasteiger partial charge < -0.3 is 15.0 Å². The minimum Gasteiger partial charge on any atom is -0.494 e. The molecule has 100 valence electrons. The van der Waals surface area contributed by atoms with Crippen LogP contribution in [0, 0.1) is 0 Å². The second-order valence-electron chi connectivity index (χ2n) is 5.06. The van der Waals surface area contributed by atoms with Crippen LogP contribution in [-0.4, -0.2) is 19.1 Å². The van der Waals surface area contributed by atoms with Gasteiger partial charge in [-0.2, -0.15) is 0 Å². The zero-order chi connectivity index (χ0) is 13.7. The van der Waals surface area contributed by atoms with Crippen LogP contribution < -0.4 is 15.0 Å². The summed E-state index contributed by atoms with van der Waals surface area (Å²) in [5.74, 6) is 0.719. The predicted molar refractivity (Wildman–Crippen MR) is 77.7 cm³/mol. The normalized spacial score (nSPS) is 18.9. The molecule has 4 nitrogen and oxygen atoms in total. The third kappa shape index (κ3) is 1.39. The Hall–Kier alpha value is -2.49. The van der Waals surface area contributed by atoms with Gasteiger partial charge in [0.05, 0.1) is 12.8 Å². The van der Waals surface area contributed by atoms with Gasteiger partial charge >= 0.3 is 0 Å². The van der Waals surface area contributed by atoms with Crippen molar-refractivity contribution >= 4 is 23.0 Å². The number of amides is 1. The molecule has 2 heterocycles. The fourth-order valence-electron chi connectivity index (χ4n) is 3.12. The highest BCUT2D eigenvalue weighted by Gasteiger charge is 2.40. The zero-order valence-electron chi connectivity index (χ0n) is 11.1. The number of anilines is 3. The highest BCUT2D eigenvalue weighted by Crippen LogP contribution is 2.47. The van der Waals surface area contributed by atoms with Crippen LogP contribution in [0.1, 0.15) is 5.56 Å². The smallest absolute Gasteiger partial charge is 0.247 e. The van der Waals surface area contributed by atoms with Crippen molar-refractivity contribution in [2.75, 3.05) is 17.3 Å². The summed E-state index contributed by atoms with van der Waals surface area (Å²) in [6.07, 6.45) is 0.749. The van der Waals surface area contributed by atoms with E-state index < -0.39 is 0 Å². The van der Waals surface area contributed by atoms with Gasteiger partial charge in [-0.1, -0.05) is 24.3 Å². The van der Waals surface area contributed by atoms with Crippen molar-refractivity contribution in [2.45, 2.75) is 12.5 Å². The molecule has 0 saturated heterocycles. The van der Waals surface area contributed by atoms with Crippen molar-refractivity contribution in [3.05, 3.63) is 48.0 Å². The second kappa shape index (κ2) is 4.00. The molecule has 1 amide bonds. The van der Waals surface area contributed by atoms with Crippen LogP contribution in [-0.2, 0) is 11.2 Å². The summed E-state index contributed by atoms with van der Waals surface area (Å²) in [6, 6.07) is 13.8. The molecule has 2 aromatic carbocycles. The Morgan fingerprint density at radius 3 is 2.80 bits per heavy atom. The lowest BCUT2D eigenvalue weighted by molar-refractivity contribution is -0.117. The SMILES string of the molecule is COc1cccc2c1NC(=O)C1Cc3ccccc3N21. The fourth-order valence-corrected chi connectivity index (χ4v) is 3.12. The minimum atomic E-state index is -0.160. The number of carbonyl (C=O) groups excluding carboxylic acids is 1. The summed E-state index contributed by atoms with van der Waals surface area (Å²) >= 11 is 0. The third-order valence-corrected chi connectivity index (χ3v) is 4.01. The molecule has 0 bridgehead atoms. The van der Waals surface area contributed by atoms with E-state index in [1.165, 1.54) is 5.56 Å². The van der Waals surface area contributed by atoms with Gasteiger partial charge in [-0.15, -0.1) is 0 Å². The number of benzene rings is 2. The number of ether oxygens (including phenoxy) is 1. The lowest BCUT2D eigenvalue weighted by atomic mass is 10.1. The number of hydrogen-bond acceptors (Lipinski definition) is 3. The maximum absolute atomic E-state index is 12.4. The Kier molecular flexibility index (Phi) is 2.27. The largest absolute Gasteiger partial charge is 0.494 e. The Morgan fingerprint density at radius 2 is 1.95 bits per heavy atom. The van der Waals surface area contributed by atoms with E-state index >= 15 is 0 Å². The van der Waals surface area contributed by atoms with E-state index in [2.05, 4.69) is 22.3 Å². The van der Waals surface area contributed by atoms with E-state index in [0.717, 1.165) is 23.5 Å². The maximum Gasteiger partial charge on any atom is 0.247 e. The average molecular weight is 266 g/mol. The molecular formula is C16H14N2O2. The van der Waals surface area contributed by atoms with Crippen LogP contribution in [0.5, 0.6) is 5.75 Å². The standard InChI is InChI=1S/C16H14N2O2/c1-20-14-8-4-7-12-15(14)17-16(19)13-9-10-5-2-3-6-11(10)18(12)13/h2-8,13H,9H2,1H3,(H,17,19). The number of hydrogen-bond donors (Lipinski definition) is 1. The van der Waals surface area contributed by atoms with Gasteiger partial charge in [-0.3, -0.25) is 4.79 Å². The van der Waals surface area contributed by atoms with Gasteiger partial charge in [-0.25, -0.2) is 0 Å². The first-order valence-corrected chi connectivity index (χ1v) is 6.64. The summed E-state index contributed by atoms with van der Waals surface area (Å²) in [5.41, 5.74) is 4.08. The van der Waals surface area contributed by atoms with Gasteiger partial charge in [0.25, 0.3) is 0 Å². The first-order chi connectivity index (χ1) is 9.79. The van der Waals surface area contributed by atoms with E-state index in [0.29, 0.717) is 5.75 Å². The Balaban J connectivity index is 1.95. The maximum atomic E-state index is 12.4. The molecule has 4 heteroatoms. The molecule has 1 N–H and O–H groups in total. The Labute approximate surface area is 117 Å². The van der Waals surface area contributed by atoms with Crippen LogP contribution in [0.15, 0.2) is 42.5 Å². The van der Waals surface area contributed by atoms with Crippen molar-refractivity contribution in [3.63, 3.8) is 0 Å². The number of methoxy groups -OCH3 is 1. The van der Waals surface area contributed by atoms with Crippen LogP contribution in [0.3, 0.4) is 0 Å². The zero-order valence-corrected chi connectivity index (χ0v) is 11.1. The molecule has 1 atom stereocenters. The minimum absolute atomic E-state index is 0.0261. The molecule has 0 saturated carbocycles. The predicted octanol–water partition coefficient (Wildman–Crippen LogP) is 2.71. The summed E-state index contributed by atoms with van der Waals surface area (Å²) in [4.78, 5) is 14.5. The number of nitrogens with zero attached hydrogens (tertiary/aromatic N) is 1. The van der Waals surface area contributed by atoms with Crippen LogP contribution in [0.25, 0.3) is 0 Å². The molecule has 1 unspecified atom stereocenters. The van der Waals surface area contributed by atoms with E-state index in [9.17, 15) is 4.79 Å². The average Bonchev–Trinajstić information content (AvgIpc) is 2.87. The molecule has 0 fully saturated rings. The topological polar surface area (TPSA) is 41.6 Å². The lowest BCUT2D eigenvalue weighted by Crippen LogP contribution is -2.43. The number of rotatable bonds is 1. The Bertz CT molecular complexity index is 711. The molecule has 20 heavy (non-hydrogen) atoms. The van der Waals surface area contributed by atoms with Crippen LogP contribution >= 0.6 is 0 Å². The van der Waals surface area contributed by atoms with Crippen molar-refractivity contribution in [2.24, 2.45) is 0 Å². The number of fused-ring (bicyclic) bond motifs is 5.